The standard InChI is InChI=1S/C21H23ClN2OS/c22-16-5-9-20(10-6-16)26-13-14-1-3-15(4-2-14)21(25)24-19-11-17-7-8-18(12-19)23-17/h1-6,9-10,17-19,23H,7-8,11-13H2,(H,24,25). The molecule has 2 bridgehead atoms. The normalized spacial score (nSPS) is 24.4. The van der Waals surface area contributed by atoms with Gasteiger partial charge in [-0.25, -0.2) is 0 Å². The minimum Gasteiger partial charge on any atom is -0.349 e. The summed E-state index contributed by atoms with van der Waals surface area (Å²) in [4.78, 5) is 13.7. The van der Waals surface area contributed by atoms with Crippen LogP contribution in [0.2, 0.25) is 5.02 Å². The zero-order valence-electron chi connectivity index (χ0n) is 14.6. The number of thioether (sulfide) groups is 1. The molecule has 2 fully saturated rings. The SMILES string of the molecule is O=C(NC1CC2CCC(C1)N2)c1ccc(CSc2ccc(Cl)cc2)cc1. The number of fused-ring (bicyclic) bond motifs is 2. The third kappa shape index (κ3) is 4.43. The van der Waals surface area contributed by atoms with E-state index in [4.69, 9.17) is 11.6 Å². The molecule has 2 heterocycles. The molecule has 2 aliphatic rings. The number of amides is 1. The van der Waals surface area contributed by atoms with Gasteiger partial charge in [0.15, 0.2) is 0 Å². The lowest BCUT2D eigenvalue weighted by Gasteiger charge is -2.29. The van der Waals surface area contributed by atoms with Crippen molar-refractivity contribution in [3.8, 4) is 0 Å². The second-order valence-corrected chi connectivity index (χ2v) is 8.70. The van der Waals surface area contributed by atoms with Crippen molar-refractivity contribution in [1.29, 1.82) is 0 Å². The molecule has 136 valence electrons. The van der Waals surface area contributed by atoms with Crippen LogP contribution in [0.5, 0.6) is 0 Å². The first-order valence-corrected chi connectivity index (χ1v) is 10.6. The molecule has 2 aromatic rings. The predicted octanol–water partition coefficient (Wildman–Crippen LogP) is 4.65. The fourth-order valence-corrected chi connectivity index (χ4v) is 4.87. The Morgan fingerprint density at radius 2 is 1.69 bits per heavy atom. The van der Waals surface area contributed by atoms with Gasteiger partial charge in [0.25, 0.3) is 5.91 Å². The molecule has 0 saturated carbocycles. The molecule has 4 rings (SSSR count). The molecule has 2 atom stereocenters. The van der Waals surface area contributed by atoms with Crippen LogP contribution in [0.1, 0.15) is 41.6 Å². The van der Waals surface area contributed by atoms with Gasteiger partial charge in [0, 0.05) is 39.4 Å². The second kappa shape index (κ2) is 8.03. The number of halogens is 1. The van der Waals surface area contributed by atoms with Gasteiger partial charge in [0.05, 0.1) is 0 Å². The van der Waals surface area contributed by atoms with E-state index in [2.05, 4.69) is 10.6 Å². The van der Waals surface area contributed by atoms with Crippen LogP contribution in [0.15, 0.2) is 53.4 Å². The highest BCUT2D eigenvalue weighted by atomic mass is 35.5. The Morgan fingerprint density at radius 1 is 1.04 bits per heavy atom. The van der Waals surface area contributed by atoms with E-state index in [0.29, 0.717) is 18.1 Å². The molecule has 1 amide bonds. The van der Waals surface area contributed by atoms with Crippen molar-refractivity contribution in [2.24, 2.45) is 0 Å². The number of carbonyl (C=O) groups excluding carboxylic acids is 1. The van der Waals surface area contributed by atoms with E-state index < -0.39 is 0 Å². The summed E-state index contributed by atoms with van der Waals surface area (Å²) < 4.78 is 0. The Bertz CT molecular complexity index is 751. The van der Waals surface area contributed by atoms with Crippen LogP contribution < -0.4 is 10.6 Å². The van der Waals surface area contributed by atoms with Gasteiger partial charge in [-0.15, -0.1) is 11.8 Å². The van der Waals surface area contributed by atoms with E-state index in [1.54, 1.807) is 11.8 Å². The van der Waals surface area contributed by atoms with E-state index >= 15 is 0 Å². The maximum absolute atomic E-state index is 12.5. The third-order valence-electron chi connectivity index (χ3n) is 5.24. The van der Waals surface area contributed by atoms with E-state index in [-0.39, 0.29) is 5.91 Å². The van der Waals surface area contributed by atoms with Crippen molar-refractivity contribution in [3.05, 3.63) is 64.7 Å². The highest BCUT2D eigenvalue weighted by Gasteiger charge is 2.34. The lowest BCUT2D eigenvalue weighted by Crippen LogP contribution is -2.48. The molecule has 2 N–H and O–H groups in total. The van der Waals surface area contributed by atoms with Gasteiger partial charge in [-0.2, -0.15) is 0 Å². The van der Waals surface area contributed by atoms with Crippen molar-refractivity contribution in [2.45, 2.75) is 54.5 Å². The molecule has 2 saturated heterocycles. The van der Waals surface area contributed by atoms with E-state index in [9.17, 15) is 4.79 Å². The highest BCUT2D eigenvalue weighted by Crippen LogP contribution is 2.27. The number of hydrogen-bond donors (Lipinski definition) is 2. The Kier molecular flexibility index (Phi) is 5.53. The molecular formula is C21H23ClN2OS. The highest BCUT2D eigenvalue weighted by molar-refractivity contribution is 7.98. The number of carbonyl (C=O) groups is 1. The zero-order valence-corrected chi connectivity index (χ0v) is 16.2. The number of nitrogens with one attached hydrogen (secondary N) is 2. The van der Waals surface area contributed by atoms with Crippen molar-refractivity contribution < 1.29 is 4.79 Å². The van der Waals surface area contributed by atoms with Crippen molar-refractivity contribution in [3.63, 3.8) is 0 Å². The Balaban J connectivity index is 1.30. The van der Waals surface area contributed by atoms with E-state index in [1.165, 1.54) is 23.3 Å². The van der Waals surface area contributed by atoms with Crippen LogP contribution in [0.4, 0.5) is 0 Å². The zero-order chi connectivity index (χ0) is 17.9. The summed E-state index contributed by atoms with van der Waals surface area (Å²) in [6.45, 7) is 0. The smallest absolute Gasteiger partial charge is 0.251 e. The van der Waals surface area contributed by atoms with Crippen LogP contribution in [-0.2, 0) is 5.75 Å². The molecule has 2 aromatic carbocycles. The van der Waals surface area contributed by atoms with Crippen LogP contribution in [0.25, 0.3) is 0 Å². The monoisotopic (exact) mass is 386 g/mol. The van der Waals surface area contributed by atoms with Gasteiger partial charge in [0.1, 0.15) is 0 Å². The van der Waals surface area contributed by atoms with E-state index in [0.717, 1.165) is 29.2 Å². The minimum atomic E-state index is 0.0493. The van der Waals surface area contributed by atoms with Crippen LogP contribution in [-0.4, -0.2) is 24.0 Å². The molecule has 0 spiro atoms. The second-order valence-electron chi connectivity index (χ2n) is 7.22. The quantitative estimate of drug-likeness (QED) is 0.735. The van der Waals surface area contributed by atoms with Crippen LogP contribution in [0.3, 0.4) is 0 Å². The number of hydrogen-bond acceptors (Lipinski definition) is 3. The molecule has 26 heavy (non-hydrogen) atoms. The molecule has 0 aromatic heterocycles. The summed E-state index contributed by atoms with van der Waals surface area (Å²) in [6, 6.07) is 17.3. The molecule has 2 unspecified atom stereocenters. The summed E-state index contributed by atoms with van der Waals surface area (Å²) in [7, 11) is 0. The number of rotatable bonds is 5. The van der Waals surface area contributed by atoms with E-state index in [1.807, 2.05) is 48.5 Å². The fourth-order valence-electron chi connectivity index (χ4n) is 3.89. The summed E-state index contributed by atoms with van der Waals surface area (Å²) in [5.74, 6) is 0.925. The predicted molar refractivity (Wildman–Crippen MR) is 108 cm³/mol. The van der Waals surface area contributed by atoms with Gasteiger partial charge in [0.2, 0.25) is 0 Å². The van der Waals surface area contributed by atoms with Gasteiger partial charge >= 0.3 is 0 Å². The van der Waals surface area contributed by atoms with Crippen molar-refractivity contribution in [1.82, 2.24) is 10.6 Å². The average molecular weight is 387 g/mol. The maximum Gasteiger partial charge on any atom is 0.251 e. The third-order valence-corrected chi connectivity index (χ3v) is 6.58. The molecule has 3 nitrogen and oxygen atoms in total. The van der Waals surface area contributed by atoms with Gasteiger partial charge in [-0.1, -0.05) is 23.7 Å². The molecular weight excluding hydrogens is 364 g/mol. The minimum absolute atomic E-state index is 0.0493. The van der Waals surface area contributed by atoms with Crippen LogP contribution >= 0.6 is 23.4 Å². The average Bonchev–Trinajstić information content (AvgIpc) is 3.00. The van der Waals surface area contributed by atoms with Gasteiger partial charge in [-0.05, 0) is 67.6 Å². The first-order valence-electron chi connectivity index (χ1n) is 9.20. The summed E-state index contributed by atoms with van der Waals surface area (Å²) in [6.07, 6.45) is 4.60. The maximum atomic E-state index is 12.5. The molecule has 0 aliphatic carbocycles. The number of piperidine rings is 1. The van der Waals surface area contributed by atoms with Gasteiger partial charge < -0.3 is 10.6 Å². The first-order chi connectivity index (χ1) is 12.7. The topological polar surface area (TPSA) is 41.1 Å². The summed E-state index contributed by atoms with van der Waals surface area (Å²) in [5, 5.41) is 7.59. The molecule has 5 heteroatoms. The lowest BCUT2D eigenvalue weighted by molar-refractivity contribution is 0.0924. The Morgan fingerprint density at radius 3 is 2.35 bits per heavy atom. The lowest BCUT2D eigenvalue weighted by atomic mass is 9.99. The summed E-state index contributed by atoms with van der Waals surface area (Å²) >= 11 is 7.68. The van der Waals surface area contributed by atoms with Gasteiger partial charge in [-0.3, -0.25) is 4.79 Å². The van der Waals surface area contributed by atoms with Crippen molar-refractivity contribution in [2.75, 3.05) is 0 Å². The molecule has 2 aliphatic heterocycles. The van der Waals surface area contributed by atoms with Crippen molar-refractivity contribution >= 4 is 29.3 Å². The first kappa shape index (κ1) is 17.9. The van der Waals surface area contributed by atoms with Crippen LogP contribution in [0, 0.1) is 0 Å². The largest absolute Gasteiger partial charge is 0.349 e. The Hall–Kier alpha value is -1.49. The summed E-state index contributed by atoms with van der Waals surface area (Å²) in [5.41, 5.74) is 1.96. The fraction of sp³-hybridized carbons (Fsp3) is 0.381. The number of benzene rings is 2. The Labute approximate surface area is 163 Å². The molecule has 0 radical (unpaired) electrons.